The largest absolute Gasteiger partial charge is 0.525 e. The molecule has 2 N–H and O–H groups in total. The summed E-state index contributed by atoms with van der Waals surface area (Å²) in [6.07, 6.45) is 10.8. The minimum atomic E-state index is -1.29. The molecule has 5 heteroatoms. The zero-order valence-electron chi connectivity index (χ0n) is 11.0. The van der Waals surface area contributed by atoms with Gasteiger partial charge in [0.2, 0.25) is 0 Å². The zero-order chi connectivity index (χ0) is 13.5. The number of carbonyl (C=O) groups excluding carboxylic acids is 1. The summed E-state index contributed by atoms with van der Waals surface area (Å²) in [6.45, 7) is 0.581. The lowest BCUT2D eigenvalue weighted by atomic mass is 10.1. The highest BCUT2D eigenvalue weighted by Gasteiger charge is 1.95. The van der Waals surface area contributed by atoms with Crippen LogP contribution in [0.25, 0.3) is 0 Å². The van der Waals surface area contributed by atoms with Gasteiger partial charge in [0, 0.05) is 13.0 Å². The minimum Gasteiger partial charge on any atom is -0.448 e. The van der Waals surface area contributed by atoms with Gasteiger partial charge in [-0.05, 0) is 12.8 Å². The number of hydroxylamine groups is 1. The van der Waals surface area contributed by atoms with Gasteiger partial charge in [-0.1, -0.05) is 44.9 Å². The molecule has 0 aliphatic carbocycles. The lowest BCUT2D eigenvalue weighted by Crippen LogP contribution is -2.19. The molecule has 0 aromatic carbocycles. The third kappa shape index (κ3) is 14.9. The van der Waals surface area contributed by atoms with Crippen molar-refractivity contribution in [3.63, 3.8) is 0 Å². The van der Waals surface area contributed by atoms with Crippen LogP contribution in [0.5, 0.6) is 0 Å². The molecule has 5 nitrogen and oxygen atoms in total. The van der Waals surface area contributed by atoms with Gasteiger partial charge in [0.05, 0.1) is 0 Å². The third-order valence-corrected chi connectivity index (χ3v) is 2.76. The quantitative estimate of drug-likeness (QED) is 0.301. The van der Waals surface area contributed by atoms with Gasteiger partial charge in [-0.15, -0.1) is 0 Å². The first-order chi connectivity index (χ1) is 8.77. The van der Waals surface area contributed by atoms with E-state index in [4.69, 9.17) is 5.11 Å². The number of carboxylic acid groups (broad SMARTS) is 1. The van der Waals surface area contributed by atoms with Crippen LogP contribution < -0.4 is 5.48 Å². The molecule has 0 aromatic rings. The van der Waals surface area contributed by atoms with E-state index in [-0.39, 0.29) is 0 Å². The molecule has 0 saturated heterocycles. The summed E-state index contributed by atoms with van der Waals surface area (Å²) in [6, 6.07) is 0. The highest BCUT2D eigenvalue weighted by atomic mass is 16.8. The van der Waals surface area contributed by atoms with Crippen LogP contribution in [-0.2, 0) is 9.63 Å². The summed E-state index contributed by atoms with van der Waals surface area (Å²) in [5.41, 5.74) is 2.39. The molecule has 0 amide bonds. The van der Waals surface area contributed by atoms with E-state index in [1.807, 2.05) is 0 Å². The first-order valence-corrected chi connectivity index (χ1v) is 6.83. The molecule has 0 spiro atoms. The van der Waals surface area contributed by atoms with Crippen molar-refractivity contribution in [3.8, 4) is 0 Å². The van der Waals surface area contributed by atoms with E-state index in [2.05, 4.69) is 10.3 Å². The molecule has 0 rings (SSSR count). The highest BCUT2D eigenvalue weighted by Crippen LogP contribution is 2.09. The Hall–Kier alpha value is -1.10. The van der Waals surface area contributed by atoms with Crippen molar-refractivity contribution in [2.24, 2.45) is 0 Å². The molecule has 0 atom stereocenters. The number of hydrogen-bond acceptors (Lipinski definition) is 4. The number of aldehydes is 1. The first-order valence-electron chi connectivity index (χ1n) is 6.83. The Morgan fingerprint density at radius 3 is 1.94 bits per heavy atom. The average molecular weight is 259 g/mol. The number of rotatable bonds is 13. The van der Waals surface area contributed by atoms with Crippen molar-refractivity contribution in [1.82, 2.24) is 5.48 Å². The number of unbranched alkanes of at least 4 members (excludes halogenated alkanes) is 9. The fourth-order valence-corrected chi connectivity index (χ4v) is 1.78. The lowest BCUT2D eigenvalue weighted by Gasteiger charge is -2.03. The monoisotopic (exact) mass is 259 g/mol. The Labute approximate surface area is 109 Å². The summed E-state index contributed by atoms with van der Waals surface area (Å²) < 4.78 is 0. The topological polar surface area (TPSA) is 75.6 Å². The fourth-order valence-electron chi connectivity index (χ4n) is 1.78. The van der Waals surface area contributed by atoms with Gasteiger partial charge >= 0.3 is 6.16 Å². The Morgan fingerprint density at radius 1 is 0.944 bits per heavy atom. The predicted molar refractivity (Wildman–Crippen MR) is 69.3 cm³/mol. The number of carbonyl (C=O) groups is 2. The van der Waals surface area contributed by atoms with E-state index in [0.717, 1.165) is 32.0 Å². The first kappa shape index (κ1) is 16.9. The molecule has 0 fully saturated rings. The maximum atomic E-state index is 10.1. The molecule has 0 aliphatic heterocycles. The van der Waals surface area contributed by atoms with Crippen LogP contribution in [0.3, 0.4) is 0 Å². The molecule has 18 heavy (non-hydrogen) atoms. The van der Waals surface area contributed by atoms with Crippen LogP contribution >= 0.6 is 0 Å². The van der Waals surface area contributed by atoms with Crippen molar-refractivity contribution in [2.75, 3.05) is 6.54 Å². The van der Waals surface area contributed by atoms with Gasteiger partial charge < -0.3 is 14.7 Å². The maximum Gasteiger partial charge on any atom is 0.525 e. The van der Waals surface area contributed by atoms with Crippen LogP contribution in [0.15, 0.2) is 0 Å². The van der Waals surface area contributed by atoms with E-state index >= 15 is 0 Å². The second kappa shape index (κ2) is 14.0. The van der Waals surface area contributed by atoms with Gasteiger partial charge in [0.15, 0.2) is 0 Å². The molecule has 0 aliphatic rings. The predicted octanol–water partition coefficient (Wildman–Crippen LogP) is 3.29. The normalized spacial score (nSPS) is 10.2. The van der Waals surface area contributed by atoms with Gasteiger partial charge in [0.25, 0.3) is 0 Å². The SMILES string of the molecule is O=CCCCCCCCCCCCNOC(=O)O. The molecule has 0 unspecified atom stereocenters. The summed E-state index contributed by atoms with van der Waals surface area (Å²) in [5, 5.41) is 8.19. The van der Waals surface area contributed by atoms with E-state index in [1.165, 1.54) is 32.1 Å². The van der Waals surface area contributed by atoms with E-state index in [9.17, 15) is 9.59 Å². The van der Waals surface area contributed by atoms with E-state index < -0.39 is 6.16 Å². The van der Waals surface area contributed by atoms with Crippen LogP contribution in [0.2, 0.25) is 0 Å². The smallest absolute Gasteiger partial charge is 0.448 e. The van der Waals surface area contributed by atoms with Crippen LogP contribution in [-0.4, -0.2) is 24.1 Å². The minimum absolute atomic E-state index is 0.581. The Morgan fingerprint density at radius 2 is 1.44 bits per heavy atom. The Balaban J connectivity index is 2.94. The van der Waals surface area contributed by atoms with Crippen molar-refractivity contribution >= 4 is 12.4 Å². The van der Waals surface area contributed by atoms with Gasteiger partial charge in [0.1, 0.15) is 6.29 Å². The molecular weight excluding hydrogens is 234 g/mol. The van der Waals surface area contributed by atoms with Gasteiger partial charge in [-0.25, -0.2) is 4.79 Å². The van der Waals surface area contributed by atoms with Gasteiger partial charge in [-0.3, -0.25) is 0 Å². The second-order valence-corrected chi connectivity index (χ2v) is 4.40. The maximum absolute atomic E-state index is 10.1. The van der Waals surface area contributed by atoms with Crippen LogP contribution in [0, 0.1) is 0 Å². The summed E-state index contributed by atoms with van der Waals surface area (Å²) in [4.78, 5) is 24.2. The second-order valence-electron chi connectivity index (χ2n) is 4.40. The summed E-state index contributed by atoms with van der Waals surface area (Å²) >= 11 is 0. The molecular formula is C13H25NO4. The van der Waals surface area contributed by atoms with Crippen molar-refractivity contribution in [2.45, 2.75) is 64.2 Å². The van der Waals surface area contributed by atoms with Crippen molar-refractivity contribution in [1.29, 1.82) is 0 Å². The molecule has 0 heterocycles. The molecule has 0 bridgehead atoms. The Bertz CT molecular complexity index is 209. The molecule has 0 aromatic heterocycles. The molecule has 106 valence electrons. The van der Waals surface area contributed by atoms with Crippen LogP contribution in [0.4, 0.5) is 4.79 Å². The molecule has 0 saturated carbocycles. The number of hydrogen-bond donors (Lipinski definition) is 2. The zero-order valence-corrected chi connectivity index (χ0v) is 11.0. The Kier molecular flexibility index (Phi) is 13.1. The highest BCUT2D eigenvalue weighted by molar-refractivity contribution is 5.56. The van der Waals surface area contributed by atoms with Crippen molar-refractivity contribution < 1.29 is 19.5 Å². The lowest BCUT2D eigenvalue weighted by molar-refractivity contribution is -0.107. The average Bonchev–Trinajstić information content (AvgIpc) is 2.34. The van der Waals surface area contributed by atoms with E-state index in [1.54, 1.807) is 0 Å². The third-order valence-electron chi connectivity index (χ3n) is 2.76. The van der Waals surface area contributed by atoms with Crippen molar-refractivity contribution in [3.05, 3.63) is 0 Å². The van der Waals surface area contributed by atoms with E-state index in [0.29, 0.717) is 13.0 Å². The summed E-state index contributed by atoms with van der Waals surface area (Å²) in [7, 11) is 0. The van der Waals surface area contributed by atoms with Gasteiger partial charge in [-0.2, -0.15) is 5.48 Å². The standard InChI is InChI=1S/C13H25NO4/c15-12-10-8-6-4-2-1-3-5-7-9-11-14-18-13(16)17/h12,14H,1-11H2,(H,16,17). The van der Waals surface area contributed by atoms with Crippen LogP contribution in [0.1, 0.15) is 64.2 Å². The molecule has 0 radical (unpaired) electrons. The number of nitrogens with one attached hydrogen (secondary N) is 1. The summed E-state index contributed by atoms with van der Waals surface area (Å²) in [5.74, 6) is 0. The fraction of sp³-hybridized carbons (Fsp3) is 0.846.